The number of carbonyl (C=O) groups excluding carboxylic acids is 1. The summed E-state index contributed by atoms with van der Waals surface area (Å²) in [7, 11) is 0. The highest BCUT2D eigenvalue weighted by molar-refractivity contribution is 5.78. The van der Waals surface area contributed by atoms with Gasteiger partial charge in [0.1, 0.15) is 5.82 Å². The summed E-state index contributed by atoms with van der Waals surface area (Å²) in [6.07, 6.45) is 5.61. The van der Waals surface area contributed by atoms with E-state index in [1.54, 1.807) is 12.1 Å². The molecule has 2 nitrogen and oxygen atoms in total. The van der Waals surface area contributed by atoms with Crippen LogP contribution in [-0.2, 0) is 11.2 Å². The van der Waals surface area contributed by atoms with Crippen molar-refractivity contribution < 1.29 is 9.18 Å². The van der Waals surface area contributed by atoms with E-state index in [-0.39, 0.29) is 24.2 Å². The van der Waals surface area contributed by atoms with Gasteiger partial charge in [0.05, 0.1) is 6.42 Å². The summed E-state index contributed by atoms with van der Waals surface area (Å²) >= 11 is 0. The Bertz CT molecular complexity index is 502. The van der Waals surface area contributed by atoms with Crippen molar-refractivity contribution in [3.8, 4) is 0 Å². The van der Waals surface area contributed by atoms with Gasteiger partial charge in [-0.2, -0.15) is 0 Å². The fourth-order valence-electron chi connectivity index (χ4n) is 4.15. The van der Waals surface area contributed by atoms with Crippen LogP contribution < -0.4 is 5.32 Å². The van der Waals surface area contributed by atoms with Crippen molar-refractivity contribution in [3.63, 3.8) is 0 Å². The number of hydrogen-bond acceptors (Lipinski definition) is 1. The number of benzene rings is 1. The molecule has 0 radical (unpaired) electrons. The van der Waals surface area contributed by atoms with Crippen LogP contribution in [0.25, 0.3) is 0 Å². The van der Waals surface area contributed by atoms with Crippen LogP contribution in [0, 0.1) is 23.6 Å². The molecule has 2 fully saturated rings. The van der Waals surface area contributed by atoms with Gasteiger partial charge in [0.2, 0.25) is 5.91 Å². The maximum Gasteiger partial charge on any atom is 0.224 e. The van der Waals surface area contributed by atoms with Crippen molar-refractivity contribution >= 4 is 5.91 Å². The molecule has 3 rings (SSSR count). The number of fused-ring (bicyclic) bond motifs is 2. The summed E-state index contributed by atoms with van der Waals surface area (Å²) in [4.78, 5) is 12.1. The molecule has 2 aliphatic rings. The average molecular weight is 275 g/mol. The first-order valence-electron chi connectivity index (χ1n) is 7.65. The van der Waals surface area contributed by atoms with E-state index in [9.17, 15) is 9.18 Å². The molecule has 1 aromatic rings. The van der Waals surface area contributed by atoms with E-state index in [1.807, 2.05) is 0 Å². The Morgan fingerprint density at radius 2 is 2.25 bits per heavy atom. The molecule has 0 spiro atoms. The van der Waals surface area contributed by atoms with Crippen LogP contribution in [-0.4, -0.2) is 11.9 Å². The SMILES string of the molecule is CC(NC(=O)Cc1cccc(F)c1)C1CC2CCC1C2. The second kappa shape index (κ2) is 5.55. The number of amides is 1. The molecule has 1 aromatic carbocycles. The second-order valence-corrected chi connectivity index (χ2v) is 6.50. The number of rotatable bonds is 4. The van der Waals surface area contributed by atoms with Gasteiger partial charge in [0.25, 0.3) is 0 Å². The normalized spacial score (nSPS) is 29.4. The number of carbonyl (C=O) groups is 1. The molecule has 4 atom stereocenters. The molecule has 1 N–H and O–H groups in total. The number of nitrogens with one attached hydrogen (secondary N) is 1. The van der Waals surface area contributed by atoms with Crippen molar-refractivity contribution in [2.75, 3.05) is 0 Å². The first kappa shape index (κ1) is 13.6. The summed E-state index contributed by atoms with van der Waals surface area (Å²) in [5.74, 6) is 2.07. The molecular weight excluding hydrogens is 253 g/mol. The zero-order valence-corrected chi connectivity index (χ0v) is 11.9. The van der Waals surface area contributed by atoms with Gasteiger partial charge in [-0.05, 0) is 61.6 Å². The van der Waals surface area contributed by atoms with Crippen LogP contribution >= 0.6 is 0 Å². The van der Waals surface area contributed by atoms with Crippen molar-refractivity contribution in [1.29, 1.82) is 0 Å². The summed E-state index contributed by atoms with van der Waals surface area (Å²) in [5.41, 5.74) is 0.739. The fourth-order valence-corrected chi connectivity index (χ4v) is 4.15. The van der Waals surface area contributed by atoms with Crippen molar-refractivity contribution in [1.82, 2.24) is 5.32 Å². The summed E-state index contributed by atoms with van der Waals surface area (Å²) in [6, 6.07) is 6.52. The van der Waals surface area contributed by atoms with E-state index >= 15 is 0 Å². The Morgan fingerprint density at radius 1 is 1.40 bits per heavy atom. The Kier molecular flexibility index (Phi) is 3.77. The topological polar surface area (TPSA) is 29.1 Å². The predicted molar refractivity (Wildman–Crippen MR) is 76.6 cm³/mol. The van der Waals surface area contributed by atoms with Crippen LogP contribution in [0.15, 0.2) is 24.3 Å². The van der Waals surface area contributed by atoms with Crippen LogP contribution in [0.5, 0.6) is 0 Å². The zero-order chi connectivity index (χ0) is 14.1. The highest BCUT2D eigenvalue weighted by Crippen LogP contribution is 2.49. The maximum atomic E-state index is 13.1. The van der Waals surface area contributed by atoms with Crippen LogP contribution in [0.3, 0.4) is 0 Å². The smallest absolute Gasteiger partial charge is 0.224 e. The molecule has 4 unspecified atom stereocenters. The third kappa shape index (κ3) is 2.87. The van der Waals surface area contributed by atoms with Crippen molar-refractivity contribution in [2.45, 2.75) is 45.1 Å². The monoisotopic (exact) mass is 275 g/mol. The lowest BCUT2D eigenvalue weighted by molar-refractivity contribution is -0.121. The Labute approximate surface area is 119 Å². The van der Waals surface area contributed by atoms with Gasteiger partial charge in [-0.15, -0.1) is 0 Å². The fraction of sp³-hybridized carbons (Fsp3) is 0.588. The van der Waals surface area contributed by atoms with Gasteiger partial charge in [-0.3, -0.25) is 4.79 Å². The molecule has 2 bridgehead atoms. The lowest BCUT2D eigenvalue weighted by Gasteiger charge is -2.28. The standard InChI is InChI=1S/C17H22FNO/c1-11(16-9-13-5-6-14(16)7-13)19-17(20)10-12-3-2-4-15(18)8-12/h2-4,8,11,13-14,16H,5-7,9-10H2,1H3,(H,19,20). The third-order valence-corrected chi connectivity index (χ3v) is 5.08. The first-order valence-corrected chi connectivity index (χ1v) is 7.65. The van der Waals surface area contributed by atoms with E-state index in [0.29, 0.717) is 5.92 Å². The quantitative estimate of drug-likeness (QED) is 0.897. The van der Waals surface area contributed by atoms with Gasteiger partial charge in [-0.25, -0.2) is 4.39 Å². The molecule has 0 aliphatic heterocycles. The molecule has 1 amide bonds. The molecule has 0 heterocycles. The average Bonchev–Trinajstić information content (AvgIpc) is 3.00. The summed E-state index contributed by atoms with van der Waals surface area (Å²) < 4.78 is 13.1. The van der Waals surface area contributed by atoms with Crippen LogP contribution in [0.4, 0.5) is 4.39 Å². The summed E-state index contributed by atoms with van der Waals surface area (Å²) in [6.45, 7) is 2.12. The Balaban J connectivity index is 1.53. The van der Waals surface area contributed by atoms with Crippen LogP contribution in [0.2, 0.25) is 0 Å². The van der Waals surface area contributed by atoms with Crippen LogP contribution in [0.1, 0.15) is 38.2 Å². The van der Waals surface area contributed by atoms with Crippen molar-refractivity contribution in [2.24, 2.45) is 17.8 Å². The zero-order valence-electron chi connectivity index (χ0n) is 11.9. The molecule has 0 aromatic heterocycles. The molecule has 0 saturated heterocycles. The van der Waals surface area contributed by atoms with E-state index in [4.69, 9.17) is 0 Å². The first-order chi connectivity index (χ1) is 9.61. The van der Waals surface area contributed by atoms with E-state index in [2.05, 4.69) is 12.2 Å². The minimum absolute atomic E-state index is 0.00544. The highest BCUT2D eigenvalue weighted by atomic mass is 19.1. The molecule has 108 valence electrons. The van der Waals surface area contributed by atoms with Gasteiger partial charge in [0.15, 0.2) is 0 Å². The van der Waals surface area contributed by atoms with Gasteiger partial charge in [0, 0.05) is 6.04 Å². The van der Waals surface area contributed by atoms with E-state index < -0.39 is 0 Å². The maximum absolute atomic E-state index is 13.1. The number of halogens is 1. The lowest BCUT2D eigenvalue weighted by atomic mass is 9.84. The van der Waals surface area contributed by atoms with Crippen molar-refractivity contribution in [3.05, 3.63) is 35.6 Å². The predicted octanol–water partition coefficient (Wildman–Crippen LogP) is 3.31. The molecule has 2 aliphatic carbocycles. The molecular formula is C17H22FNO. The second-order valence-electron chi connectivity index (χ2n) is 6.50. The Morgan fingerprint density at radius 3 is 2.90 bits per heavy atom. The largest absolute Gasteiger partial charge is 0.353 e. The third-order valence-electron chi connectivity index (χ3n) is 5.08. The minimum Gasteiger partial charge on any atom is -0.353 e. The Hall–Kier alpha value is -1.38. The van der Waals surface area contributed by atoms with E-state index in [1.165, 1.54) is 37.8 Å². The highest BCUT2D eigenvalue weighted by Gasteiger charge is 2.42. The molecule has 20 heavy (non-hydrogen) atoms. The lowest BCUT2D eigenvalue weighted by Crippen LogP contribution is -2.40. The van der Waals surface area contributed by atoms with Gasteiger partial charge in [-0.1, -0.05) is 18.6 Å². The minimum atomic E-state index is -0.281. The molecule has 2 saturated carbocycles. The molecule has 3 heteroatoms. The summed E-state index contributed by atoms with van der Waals surface area (Å²) in [5, 5.41) is 3.11. The van der Waals surface area contributed by atoms with Gasteiger partial charge >= 0.3 is 0 Å². The van der Waals surface area contributed by atoms with Gasteiger partial charge < -0.3 is 5.32 Å². The van der Waals surface area contributed by atoms with E-state index in [0.717, 1.165) is 17.4 Å². The number of hydrogen-bond donors (Lipinski definition) is 1.